The minimum atomic E-state index is -2.04. The van der Waals surface area contributed by atoms with Crippen LogP contribution in [0.1, 0.15) is 5.56 Å². The highest BCUT2D eigenvalue weighted by atomic mass is 31.2. The molecule has 0 aromatic heterocycles. The summed E-state index contributed by atoms with van der Waals surface area (Å²) in [5.74, 6) is 1.33. The van der Waals surface area contributed by atoms with Gasteiger partial charge in [0.25, 0.3) is 0 Å². The molecule has 4 nitrogen and oxygen atoms in total. The maximum Gasteiger partial charge on any atom is 0.191 e. The largest absolute Gasteiger partial charge is 0.378 e. The number of ether oxygens (including phenoxy) is 2. The van der Waals surface area contributed by atoms with Gasteiger partial charge in [-0.15, -0.1) is 0 Å². The lowest BCUT2D eigenvalue weighted by molar-refractivity contribution is -0.0106. The predicted octanol–water partition coefficient (Wildman–Crippen LogP) is 2.07. The first kappa shape index (κ1) is 15.3. The second-order valence-electron chi connectivity index (χ2n) is 3.83. The molecule has 0 amide bonds. The van der Waals surface area contributed by atoms with Crippen LogP contribution in [-0.4, -0.2) is 36.2 Å². The molecule has 5 heteroatoms. The monoisotopic (exact) mass is 270 g/mol. The Balaban J connectivity index is 2.68. The first-order chi connectivity index (χ1) is 8.67. The van der Waals surface area contributed by atoms with Gasteiger partial charge < -0.3 is 19.3 Å². The van der Waals surface area contributed by atoms with E-state index in [9.17, 15) is 0 Å². The van der Waals surface area contributed by atoms with E-state index in [1.807, 2.05) is 30.3 Å². The van der Waals surface area contributed by atoms with E-state index in [2.05, 4.69) is 0 Å². The topological polar surface area (TPSA) is 58.9 Å². The number of methoxy groups -OCH3 is 2. The van der Waals surface area contributed by atoms with E-state index in [0.29, 0.717) is 6.42 Å². The molecule has 0 heterocycles. The van der Waals surface area contributed by atoms with Gasteiger partial charge in [0.2, 0.25) is 0 Å². The summed E-state index contributed by atoms with van der Waals surface area (Å²) in [4.78, 5) is 17.8. The van der Waals surface area contributed by atoms with Gasteiger partial charge >= 0.3 is 0 Å². The number of benzene rings is 1. The van der Waals surface area contributed by atoms with Crippen molar-refractivity contribution in [3.63, 3.8) is 0 Å². The summed E-state index contributed by atoms with van der Waals surface area (Å²) in [5.41, 5.74) is 1.15. The minimum Gasteiger partial charge on any atom is -0.378 e. The van der Waals surface area contributed by atoms with Gasteiger partial charge in [-0.05, 0) is 17.5 Å². The van der Waals surface area contributed by atoms with Gasteiger partial charge in [0.15, 0.2) is 8.38 Å². The molecule has 0 aliphatic rings. The lowest BCUT2D eigenvalue weighted by Crippen LogP contribution is -2.30. The Morgan fingerprint density at radius 2 is 1.83 bits per heavy atom. The maximum atomic E-state index is 8.88. The van der Waals surface area contributed by atoms with E-state index < -0.39 is 8.38 Å². The highest BCUT2D eigenvalue weighted by Gasteiger charge is 2.19. The molecule has 0 aliphatic heterocycles. The van der Waals surface area contributed by atoms with E-state index in [-0.39, 0.29) is 12.2 Å². The van der Waals surface area contributed by atoms with Crippen molar-refractivity contribution in [1.29, 1.82) is 0 Å². The second kappa shape index (κ2) is 8.35. The van der Waals surface area contributed by atoms with Crippen molar-refractivity contribution in [3.8, 4) is 0 Å². The normalized spacial score (nSPS) is 15.2. The van der Waals surface area contributed by atoms with Crippen molar-refractivity contribution in [2.75, 3.05) is 14.2 Å². The summed E-state index contributed by atoms with van der Waals surface area (Å²) in [6.07, 6.45) is 1.86. The van der Waals surface area contributed by atoms with Crippen LogP contribution in [0.2, 0.25) is 0 Å². The van der Waals surface area contributed by atoms with Gasteiger partial charge in [-0.2, -0.15) is 0 Å². The Morgan fingerprint density at radius 1 is 1.17 bits per heavy atom. The van der Waals surface area contributed by atoms with Crippen LogP contribution in [0.4, 0.5) is 0 Å². The van der Waals surface area contributed by atoms with E-state index in [1.165, 1.54) is 5.82 Å². The van der Waals surface area contributed by atoms with Crippen LogP contribution in [0.3, 0.4) is 0 Å². The van der Waals surface area contributed by atoms with Crippen molar-refractivity contribution in [2.24, 2.45) is 0 Å². The highest BCUT2D eigenvalue weighted by Crippen LogP contribution is 2.25. The standard InChI is InChI=1S/C13H19O4P/c1-16-12(8-9-18(14)15)13(17-2)10-11-6-4-3-5-7-11/h3-9,12-15H,10H2,1-2H3/b9-8+/t12?,13-/m0/s1. The smallest absolute Gasteiger partial charge is 0.191 e. The Hall–Kier alpha value is -0.770. The third kappa shape index (κ3) is 5.25. The maximum absolute atomic E-state index is 8.88. The van der Waals surface area contributed by atoms with Gasteiger partial charge in [-0.1, -0.05) is 30.3 Å². The quantitative estimate of drug-likeness (QED) is 0.745. The molecule has 0 spiro atoms. The highest BCUT2D eigenvalue weighted by molar-refractivity contribution is 7.48. The minimum absolute atomic E-state index is 0.163. The molecular formula is C13H19O4P. The molecule has 2 N–H and O–H groups in total. The van der Waals surface area contributed by atoms with Crippen molar-refractivity contribution >= 4 is 8.38 Å². The zero-order valence-corrected chi connectivity index (χ0v) is 11.5. The lowest BCUT2D eigenvalue weighted by atomic mass is 10.0. The molecular weight excluding hydrogens is 251 g/mol. The fraction of sp³-hybridized carbons (Fsp3) is 0.385. The summed E-state index contributed by atoms with van der Waals surface area (Å²) in [6.45, 7) is 0. The van der Waals surface area contributed by atoms with Crippen LogP contribution in [0, 0.1) is 0 Å². The fourth-order valence-electron chi connectivity index (χ4n) is 1.70. The molecule has 1 unspecified atom stereocenters. The van der Waals surface area contributed by atoms with E-state index >= 15 is 0 Å². The van der Waals surface area contributed by atoms with Gasteiger partial charge in [-0.3, -0.25) is 0 Å². The van der Waals surface area contributed by atoms with Gasteiger partial charge in [0.05, 0.1) is 6.10 Å². The first-order valence-corrected chi connectivity index (χ1v) is 6.93. The van der Waals surface area contributed by atoms with E-state index in [0.717, 1.165) is 5.56 Å². The lowest BCUT2D eigenvalue weighted by Gasteiger charge is -2.22. The Bertz CT molecular complexity index is 353. The third-order valence-corrected chi connectivity index (χ3v) is 3.07. The van der Waals surface area contributed by atoms with Crippen molar-refractivity contribution in [3.05, 3.63) is 47.8 Å². The van der Waals surface area contributed by atoms with E-state index in [4.69, 9.17) is 19.3 Å². The van der Waals surface area contributed by atoms with Crippen molar-refractivity contribution in [1.82, 2.24) is 0 Å². The van der Waals surface area contributed by atoms with Crippen LogP contribution in [0.5, 0.6) is 0 Å². The molecule has 1 rings (SSSR count). The van der Waals surface area contributed by atoms with Gasteiger partial charge in [0, 0.05) is 20.6 Å². The number of rotatable bonds is 7. The summed E-state index contributed by atoms with van der Waals surface area (Å²) >= 11 is 0. The molecule has 0 fully saturated rings. The Morgan fingerprint density at radius 3 is 2.33 bits per heavy atom. The summed E-state index contributed by atoms with van der Waals surface area (Å²) in [5, 5.41) is 0. The summed E-state index contributed by atoms with van der Waals surface area (Å²) in [6, 6.07) is 9.95. The summed E-state index contributed by atoms with van der Waals surface area (Å²) < 4.78 is 10.7. The molecule has 2 atom stereocenters. The second-order valence-corrected chi connectivity index (χ2v) is 4.77. The molecule has 1 aromatic carbocycles. The Kier molecular flexibility index (Phi) is 7.09. The number of hydrogen-bond donors (Lipinski definition) is 2. The molecule has 18 heavy (non-hydrogen) atoms. The van der Waals surface area contributed by atoms with Crippen LogP contribution < -0.4 is 0 Å². The molecule has 0 saturated heterocycles. The van der Waals surface area contributed by atoms with E-state index in [1.54, 1.807) is 20.3 Å². The first-order valence-electron chi connectivity index (χ1n) is 5.62. The van der Waals surface area contributed by atoms with Gasteiger partial charge in [0.1, 0.15) is 6.10 Å². The fourth-order valence-corrected chi connectivity index (χ4v) is 2.02. The third-order valence-electron chi connectivity index (χ3n) is 2.63. The average molecular weight is 270 g/mol. The molecule has 100 valence electrons. The molecule has 0 radical (unpaired) electrons. The zero-order valence-electron chi connectivity index (χ0n) is 10.6. The van der Waals surface area contributed by atoms with Crippen LogP contribution in [-0.2, 0) is 15.9 Å². The molecule has 0 aliphatic carbocycles. The van der Waals surface area contributed by atoms with Gasteiger partial charge in [-0.25, -0.2) is 0 Å². The zero-order chi connectivity index (χ0) is 13.4. The average Bonchev–Trinajstić information content (AvgIpc) is 2.38. The van der Waals surface area contributed by atoms with Crippen LogP contribution in [0.15, 0.2) is 42.2 Å². The molecule has 0 saturated carbocycles. The summed E-state index contributed by atoms with van der Waals surface area (Å²) in [7, 11) is 1.15. The van der Waals surface area contributed by atoms with Crippen molar-refractivity contribution in [2.45, 2.75) is 18.6 Å². The SMILES string of the molecule is COC(/C=C/P(O)O)[C@H](Cc1ccccc1)OC. The van der Waals surface area contributed by atoms with Crippen LogP contribution in [0.25, 0.3) is 0 Å². The molecule has 1 aromatic rings. The van der Waals surface area contributed by atoms with Crippen LogP contribution >= 0.6 is 8.38 Å². The molecule has 0 bridgehead atoms. The predicted molar refractivity (Wildman–Crippen MR) is 72.2 cm³/mol. The number of hydrogen-bond acceptors (Lipinski definition) is 4. The van der Waals surface area contributed by atoms with Crippen molar-refractivity contribution < 1.29 is 19.3 Å². The Labute approximate surface area is 109 Å².